The second-order valence-electron chi connectivity index (χ2n) is 11.1. The number of pyridine rings is 1. The van der Waals surface area contributed by atoms with E-state index in [4.69, 9.17) is 15.0 Å². The fourth-order valence-electron chi connectivity index (χ4n) is 4.07. The van der Waals surface area contributed by atoms with Crippen LogP contribution in [0.3, 0.4) is 0 Å². The first-order valence-electron chi connectivity index (χ1n) is 12.4. The van der Waals surface area contributed by atoms with Gasteiger partial charge in [0.25, 0.3) is 0 Å². The van der Waals surface area contributed by atoms with Gasteiger partial charge >= 0.3 is 12.2 Å². The van der Waals surface area contributed by atoms with Crippen molar-refractivity contribution in [3.05, 3.63) is 70.4 Å². The van der Waals surface area contributed by atoms with E-state index >= 15 is 0 Å². The summed E-state index contributed by atoms with van der Waals surface area (Å²) in [6.45, 7) is 11.6. The molecule has 2 heterocycles. The van der Waals surface area contributed by atoms with Crippen LogP contribution in [0.5, 0.6) is 0 Å². The van der Waals surface area contributed by atoms with Crippen molar-refractivity contribution in [2.45, 2.75) is 84.2 Å². The Labute approximate surface area is 218 Å². The molecule has 2 atom stereocenters. The quantitative estimate of drug-likeness (QED) is 0.259. The smallest absolute Gasteiger partial charge is 0.415 e. The van der Waals surface area contributed by atoms with Crippen molar-refractivity contribution in [2.75, 3.05) is 11.4 Å². The lowest BCUT2D eigenvalue weighted by molar-refractivity contribution is 0.0224. The van der Waals surface area contributed by atoms with E-state index in [1.807, 2.05) is 84.0 Å². The van der Waals surface area contributed by atoms with Crippen LogP contribution in [0.1, 0.15) is 59.2 Å². The van der Waals surface area contributed by atoms with Gasteiger partial charge in [0.15, 0.2) is 0 Å². The monoisotopic (exact) mass is 508 g/mol. The molecule has 0 N–H and O–H groups in total. The number of amides is 2. The second-order valence-corrected chi connectivity index (χ2v) is 11.1. The SMILES string of the molecule is CC(C)(C)OC(=O)N(Cc1ccccc1)c1ccc(C[C@H]2C[C@@H](N=[N+]=[N-])CN2C(=O)OC(C)(C)C)nc1. The topological polar surface area (TPSA) is 121 Å². The van der Waals surface area contributed by atoms with E-state index in [1.165, 1.54) is 0 Å². The predicted molar refractivity (Wildman–Crippen MR) is 141 cm³/mol. The first-order chi connectivity index (χ1) is 17.3. The van der Waals surface area contributed by atoms with E-state index in [-0.39, 0.29) is 12.1 Å². The van der Waals surface area contributed by atoms with Crippen molar-refractivity contribution in [1.29, 1.82) is 0 Å². The van der Waals surface area contributed by atoms with Crippen LogP contribution in [0.15, 0.2) is 53.8 Å². The maximum atomic E-state index is 13.0. The molecule has 198 valence electrons. The number of azide groups is 1. The molecule has 1 saturated heterocycles. The number of carbonyl (C=O) groups is 2. The van der Waals surface area contributed by atoms with Crippen LogP contribution in [-0.4, -0.2) is 51.9 Å². The molecule has 2 amide bonds. The van der Waals surface area contributed by atoms with Gasteiger partial charge in [-0.2, -0.15) is 0 Å². The molecular formula is C27H36N6O4. The number of anilines is 1. The summed E-state index contributed by atoms with van der Waals surface area (Å²) in [6.07, 6.45) is 1.71. The first-order valence-corrected chi connectivity index (χ1v) is 12.4. The van der Waals surface area contributed by atoms with Gasteiger partial charge in [0.2, 0.25) is 0 Å². The molecule has 1 aromatic heterocycles. The zero-order chi connectivity index (χ0) is 27.2. The molecule has 3 rings (SSSR count). The zero-order valence-electron chi connectivity index (χ0n) is 22.4. The van der Waals surface area contributed by atoms with Crippen molar-refractivity contribution in [3.8, 4) is 0 Å². The van der Waals surface area contributed by atoms with Crippen LogP contribution in [0.4, 0.5) is 15.3 Å². The van der Waals surface area contributed by atoms with Crippen LogP contribution < -0.4 is 4.90 Å². The van der Waals surface area contributed by atoms with Crippen molar-refractivity contribution in [1.82, 2.24) is 9.88 Å². The molecular weight excluding hydrogens is 472 g/mol. The lowest BCUT2D eigenvalue weighted by Crippen LogP contribution is -2.41. The number of hydrogen-bond acceptors (Lipinski definition) is 6. The highest BCUT2D eigenvalue weighted by Crippen LogP contribution is 2.27. The third kappa shape index (κ3) is 8.39. The summed E-state index contributed by atoms with van der Waals surface area (Å²) >= 11 is 0. The second kappa shape index (κ2) is 11.5. The Morgan fingerprint density at radius 3 is 2.32 bits per heavy atom. The van der Waals surface area contributed by atoms with Crippen LogP contribution in [-0.2, 0) is 22.4 Å². The average Bonchev–Trinajstić information content (AvgIpc) is 3.19. The molecule has 1 aromatic carbocycles. The predicted octanol–water partition coefficient (Wildman–Crippen LogP) is 6.25. The van der Waals surface area contributed by atoms with Gasteiger partial charge in [-0.05, 0) is 71.2 Å². The number of hydrogen-bond donors (Lipinski definition) is 0. The van der Waals surface area contributed by atoms with Gasteiger partial charge in [-0.25, -0.2) is 9.59 Å². The molecule has 0 saturated carbocycles. The summed E-state index contributed by atoms with van der Waals surface area (Å²) in [5, 5.41) is 3.82. The van der Waals surface area contributed by atoms with Gasteiger partial charge < -0.3 is 14.4 Å². The summed E-state index contributed by atoms with van der Waals surface area (Å²) in [4.78, 5) is 36.5. The summed E-state index contributed by atoms with van der Waals surface area (Å²) in [6, 6.07) is 12.8. The van der Waals surface area contributed by atoms with Gasteiger partial charge in [0.05, 0.1) is 24.5 Å². The first kappa shape index (κ1) is 27.8. The molecule has 0 unspecified atom stereocenters. The minimum Gasteiger partial charge on any atom is -0.444 e. The number of benzene rings is 1. The van der Waals surface area contributed by atoms with Crippen molar-refractivity contribution < 1.29 is 19.1 Å². The van der Waals surface area contributed by atoms with Gasteiger partial charge in [0.1, 0.15) is 11.2 Å². The zero-order valence-corrected chi connectivity index (χ0v) is 22.4. The molecule has 0 aliphatic carbocycles. The Kier molecular flexibility index (Phi) is 8.65. The minimum atomic E-state index is -0.643. The van der Waals surface area contributed by atoms with Crippen LogP contribution in [0.25, 0.3) is 10.4 Å². The Hall–Kier alpha value is -3.78. The number of likely N-dealkylation sites (tertiary alicyclic amines) is 1. The standard InChI is InChI=1S/C27H36N6O4/c1-26(2,3)36-24(34)32(17-19-10-8-7-9-11-19)22-13-12-20(29-16-22)14-23-15-21(30-31-28)18-33(23)25(35)37-27(4,5)6/h7-13,16,21,23H,14-15,17-18H2,1-6H3/t21-,23+/m1/s1. The summed E-state index contributed by atoms with van der Waals surface area (Å²) in [5.41, 5.74) is 9.91. The molecule has 0 bridgehead atoms. The van der Waals surface area contributed by atoms with Gasteiger partial charge in [-0.15, -0.1) is 0 Å². The van der Waals surface area contributed by atoms with Gasteiger partial charge in [-0.1, -0.05) is 35.4 Å². The third-order valence-corrected chi connectivity index (χ3v) is 5.60. The molecule has 1 fully saturated rings. The largest absolute Gasteiger partial charge is 0.444 e. The summed E-state index contributed by atoms with van der Waals surface area (Å²) < 4.78 is 11.2. The van der Waals surface area contributed by atoms with Crippen LogP contribution in [0.2, 0.25) is 0 Å². The highest BCUT2D eigenvalue weighted by atomic mass is 16.6. The average molecular weight is 509 g/mol. The highest BCUT2D eigenvalue weighted by Gasteiger charge is 2.37. The molecule has 0 spiro atoms. The van der Waals surface area contributed by atoms with E-state index in [0.717, 1.165) is 11.3 Å². The molecule has 1 aliphatic heterocycles. The van der Waals surface area contributed by atoms with Crippen molar-refractivity contribution in [2.24, 2.45) is 5.11 Å². The third-order valence-electron chi connectivity index (χ3n) is 5.60. The Morgan fingerprint density at radius 2 is 1.76 bits per heavy atom. The Morgan fingerprint density at radius 1 is 1.08 bits per heavy atom. The van der Waals surface area contributed by atoms with E-state index in [1.54, 1.807) is 16.0 Å². The Bertz CT molecular complexity index is 1120. The fourth-order valence-corrected chi connectivity index (χ4v) is 4.07. The number of rotatable bonds is 6. The molecule has 10 heteroatoms. The molecule has 10 nitrogen and oxygen atoms in total. The lowest BCUT2D eigenvalue weighted by Gasteiger charge is -2.29. The van der Waals surface area contributed by atoms with Gasteiger partial charge in [0, 0.05) is 29.6 Å². The van der Waals surface area contributed by atoms with E-state index < -0.39 is 23.4 Å². The van der Waals surface area contributed by atoms with Gasteiger partial charge in [-0.3, -0.25) is 9.88 Å². The number of nitrogens with zero attached hydrogens (tertiary/aromatic N) is 6. The minimum absolute atomic E-state index is 0.227. The molecule has 37 heavy (non-hydrogen) atoms. The van der Waals surface area contributed by atoms with Crippen LogP contribution in [0, 0.1) is 0 Å². The number of aromatic nitrogens is 1. The number of carbonyl (C=O) groups excluding carboxylic acids is 2. The number of ether oxygens (including phenoxy) is 2. The van der Waals surface area contributed by atoms with Crippen LogP contribution >= 0.6 is 0 Å². The summed E-state index contributed by atoms with van der Waals surface area (Å²) in [7, 11) is 0. The van der Waals surface area contributed by atoms with Crippen molar-refractivity contribution in [3.63, 3.8) is 0 Å². The Balaban J connectivity index is 1.79. The summed E-state index contributed by atoms with van der Waals surface area (Å²) in [5.74, 6) is 0. The highest BCUT2D eigenvalue weighted by molar-refractivity contribution is 5.87. The van der Waals surface area contributed by atoms with E-state index in [2.05, 4.69) is 15.0 Å². The maximum Gasteiger partial charge on any atom is 0.415 e. The normalized spacial score (nSPS) is 17.6. The van der Waals surface area contributed by atoms with Crippen molar-refractivity contribution >= 4 is 17.9 Å². The molecule has 0 radical (unpaired) electrons. The fraction of sp³-hybridized carbons (Fsp3) is 0.519. The van der Waals surface area contributed by atoms with E-state index in [0.29, 0.717) is 31.6 Å². The molecule has 1 aliphatic rings. The lowest BCUT2D eigenvalue weighted by atomic mass is 10.1. The maximum absolute atomic E-state index is 13.0. The van der Waals surface area contributed by atoms with E-state index in [9.17, 15) is 9.59 Å². The molecule has 2 aromatic rings.